The van der Waals surface area contributed by atoms with Crippen LogP contribution in [0.5, 0.6) is 0 Å². The first-order valence-electron chi connectivity index (χ1n) is 5.50. The summed E-state index contributed by atoms with van der Waals surface area (Å²) in [6, 6.07) is -0.00546. The monoisotopic (exact) mass is 215 g/mol. The third-order valence-corrected chi connectivity index (χ3v) is 3.62. The minimum Gasteiger partial charge on any atom is -0.469 e. The van der Waals surface area contributed by atoms with Gasteiger partial charge < -0.3 is 15.2 Å². The normalized spacial score (nSPS) is 32.7. The van der Waals surface area contributed by atoms with E-state index in [0.29, 0.717) is 13.0 Å². The lowest BCUT2D eigenvalue weighted by Gasteiger charge is -2.36. The van der Waals surface area contributed by atoms with Crippen LogP contribution >= 0.6 is 0 Å². The molecule has 4 heteroatoms. The van der Waals surface area contributed by atoms with Crippen molar-refractivity contribution in [3.05, 3.63) is 0 Å². The van der Waals surface area contributed by atoms with E-state index in [0.717, 1.165) is 12.8 Å². The summed E-state index contributed by atoms with van der Waals surface area (Å²) >= 11 is 0. The van der Waals surface area contributed by atoms with Crippen LogP contribution in [0.4, 0.5) is 0 Å². The van der Waals surface area contributed by atoms with Crippen LogP contribution in [0.1, 0.15) is 33.1 Å². The lowest BCUT2D eigenvalue weighted by atomic mass is 9.71. The van der Waals surface area contributed by atoms with E-state index in [2.05, 4.69) is 0 Å². The molecule has 2 N–H and O–H groups in total. The number of rotatable bonds is 4. The van der Waals surface area contributed by atoms with E-state index >= 15 is 0 Å². The molecule has 0 saturated carbocycles. The molecule has 1 saturated heterocycles. The molecule has 15 heavy (non-hydrogen) atoms. The standard InChI is InChI=1S/C11H21NO3/c1-4-9(12)11(7-10(13)14-3)5-6-15-8(11)2/h8-9H,4-7,12H2,1-3H3. The van der Waals surface area contributed by atoms with Gasteiger partial charge in [0.1, 0.15) is 0 Å². The van der Waals surface area contributed by atoms with Crippen molar-refractivity contribution in [2.75, 3.05) is 13.7 Å². The minimum atomic E-state index is -0.234. The fourth-order valence-corrected chi connectivity index (χ4v) is 2.39. The molecule has 1 heterocycles. The second-order valence-electron chi connectivity index (χ2n) is 4.26. The topological polar surface area (TPSA) is 61.6 Å². The Kier molecular flexibility index (Phi) is 4.11. The number of ether oxygens (including phenoxy) is 2. The van der Waals surface area contributed by atoms with Crippen molar-refractivity contribution < 1.29 is 14.3 Å². The van der Waals surface area contributed by atoms with Crippen LogP contribution in [-0.4, -0.2) is 31.8 Å². The highest BCUT2D eigenvalue weighted by atomic mass is 16.5. The summed E-state index contributed by atoms with van der Waals surface area (Å²) in [5.41, 5.74) is 5.88. The maximum atomic E-state index is 11.4. The SMILES string of the molecule is CCC(N)C1(CC(=O)OC)CCOC1C. The second kappa shape index (κ2) is 4.94. The van der Waals surface area contributed by atoms with Gasteiger partial charge in [-0.15, -0.1) is 0 Å². The Hall–Kier alpha value is -0.610. The zero-order chi connectivity index (χ0) is 11.5. The van der Waals surface area contributed by atoms with Gasteiger partial charge in [0, 0.05) is 18.1 Å². The van der Waals surface area contributed by atoms with Crippen molar-refractivity contribution in [3.8, 4) is 0 Å². The molecule has 0 aromatic rings. The smallest absolute Gasteiger partial charge is 0.306 e. The number of nitrogens with two attached hydrogens (primary N) is 1. The molecule has 0 bridgehead atoms. The predicted octanol–water partition coefficient (Wildman–Crippen LogP) is 1.08. The summed E-state index contributed by atoms with van der Waals surface area (Å²) in [5.74, 6) is -0.198. The first-order chi connectivity index (χ1) is 7.06. The molecule has 1 aliphatic heterocycles. The van der Waals surface area contributed by atoms with Crippen molar-refractivity contribution >= 4 is 5.97 Å². The molecule has 0 radical (unpaired) electrons. The summed E-state index contributed by atoms with van der Waals surface area (Å²) in [7, 11) is 1.41. The Morgan fingerprint density at radius 2 is 2.40 bits per heavy atom. The molecule has 3 unspecified atom stereocenters. The maximum absolute atomic E-state index is 11.4. The van der Waals surface area contributed by atoms with Gasteiger partial charge in [0.2, 0.25) is 0 Å². The maximum Gasteiger partial charge on any atom is 0.306 e. The van der Waals surface area contributed by atoms with E-state index in [9.17, 15) is 4.79 Å². The van der Waals surface area contributed by atoms with Gasteiger partial charge in [0.15, 0.2) is 0 Å². The van der Waals surface area contributed by atoms with Gasteiger partial charge in [0.05, 0.1) is 19.6 Å². The molecule has 1 aliphatic rings. The number of hydrogen-bond donors (Lipinski definition) is 1. The van der Waals surface area contributed by atoms with Crippen LogP contribution in [-0.2, 0) is 14.3 Å². The third-order valence-electron chi connectivity index (χ3n) is 3.62. The van der Waals surface area contributed by atoms with E-state index in [-0.39, 0.29) is 23.5 Å². The van der Waals surface area contributed by atoms with E-state index in [1.807, 2.05) is 13.8 Å². The predicted molar refractivity (Wildman–Crippen MR) is 57.4 cm³/mol. The Morgan fingerprint density at radius 3 is 2.80 bits per heavy atom. The molecule has 0 aromatic heterocycles. The van der Waals surface area contributed by atoms with Crippen LogP contribution in [0.3, 0.4) is 0 Å². The summed E-state index contributed by atoms with van der Waals surface area (Å²) in [6.45, 7) is 4.71. The zero-order valence-corrected chi connectivity index (χ0v) is 9.79. The van der Waals surface area contributed by atoms with Crippen LogP contribution in [0.25, 0.3) is 0 Å². The van der Waals surface area contributed by atoms with Crippen LogP contribution < -0.4 is 5.73 Å². The van der Waals surface area contributed by atoms with E-state index in [1.54, 1.807) is 0 Å². The molecule has 4 nitrogen and oxygen atoms in total. The largest absolute Gasteiger partial charge is 0.469 e. The Morgan fingerprint density at radius 1 is 1.73 bits per heavy atom. The van der Waals surface area contributed by atoms with Gasteiger partial charge in [-0.25, -0.2) is 0 Å². The highest BCUT2D eigenvalue weighted by Gasteiger charge is 2.47. The van der Waals surface area contributed by atoms with E-state index in [1.165, 1.54) is 7.11 Å². The second-order valence-corrected chi connectivity index (χ2v) is 4.26. The van der Waals surface area contributed by atoms with Crippen molar-refractivity contribution in [1.82, 2.24) is 0 Å². The highest BCUT2D eigenvalue weighted by molar-refractivity contribution is 5.70. The molecule has 0 aliphatic carbocycles. The zero-order valence-electron chi connectivity index (χ0n) is 9.79. The summed E-state index contributed by atoms with van der Waals surface area (Å²) in [5, 5.41) is 0. The summed E-state index contributed by atoms with van der Waals surface area (Å²) < 4.78 is 10.3. The first-order valence-corrected chi connectivity index (χ1v) is 5.50. The van der Waals surface area contributed by atoms with Gasteiger partial charge in [-0.05, 0) is 19.8 Å². The molecule has 0 spiro atoms. The van der Waals surface area contributed by atoms with Crippen LogP contribution in [0.2, 0.25) is 0 Å². The van der Waals surface area contributed by atoms with Gasteiger partial charge in [-0.3, -0.25) is 4.79 Å². The molecule has 0 aromatic carbocycles. The Bertz CT molecular complexity index is 232. The highest BCUT2D eigenvalue weighted by Crippen LogP contribution is 2.41. The fourth-order valence-electron chi connectivity index (χ4n) is 2.39. The van der Waals surface area contributed by atoms with Crippen LogP contribution in [0, 0.1) is 5.41 Å². The van der Waals surface area contributed by atoms with Gasteiger partial charge in [-0.1, -0.05) is 6.92 Å². The first kappa shape index (κ1) is 12.5. The third kappa shape index (κ3) is 2.32. The number of carbonyl (C=O) groups excluding carboxylic acids is 1. The average Bonchev–Trinajstić information content (AvgIpc) is 2.60. The van der Waals surface area contributed by atoms with Crippen molar-refractivity contribution in [2.24, 2.45) is 11.1 Å². The molecule has 3 atom stereocenters. The Balaban J connectivity index is 2.81. The van der Waals surface area contributed by atoms with Crippen molar-refractivity contribution in [2.45, 2.75) is 45.3 Å². The number of carbonyl (C=O) groups is 1. The van der Waals surface area contributed by atoms with E-state index in [4.69, 9.17) is 15.2 Å². The number of methoxy groups -OCH3 is 1. The van der Waals surface area contributed by atoms with E-state index < -0.39 is 0 Å². The van der Waals surface area contributed by atoms with Gasteiger partial charge in [0.25, 0.3) is 0 Å². The Labute approximate surface area is 91.1 Å². The minimum absolute atomic E-state index is 0.00546. The molecule has 1 fully saturated rings. The van der Waals surface area contributed by atoms with Crippen molar-refractivity contribution in [1.29, 1.82) is 0 Å². The molecular formula is C11H21NO3. The quantitative estimate of drug-likeness (QED) is 0.713. The molecule has 88 valence electrons. The number of esters is 1. The average molecular weight is 215 g/mol. The fraction of sp³-hybridized carbons (Fsp3) is 0.909. The summed E-state index contributed by atoms with van der Waals surface area (Å²) in [6.07, 6.45) is 2.09. The lowest BCUT2D eigenvalue weighted by Crippen LogP contribution is -2.47. The van der Waals surface area contributed by atoms with Gasteiger partial charge in [-0.2, -0.15) is 0 Å². The number of hydrogen-bond acceptors (Lipinski definition) is 4. The lowest BCUT2D eigenvalue weighted by molar-refractivity contribution is -0.145. The molecule has 0 amide bonds. The molecular weight excluding hydrogens is 194 g/mol. The molecule has 1 rings (SSSR count). The van der Waals surface area contributed by atoms with Crippen LogP contribution in [0.15, 0.2) is 0 Å². The van der Waals surface area contributed by atoms with Gasteiger partial charge >= 0.3 is 5.97 Å². The van der Waals surface area contributed by atoms with Crippen molar-refractivity contribution in [3.63, 3.8) is 0 Å². The summed E-state index contributed by atoms with van der Waals surface area (Å²) in [4.78, 5) is 11.4.